The summed E-state index contributed by atoms with van der Waals surface area (Å²) in [5.41, 5.74) is 8.45. The van der Waals surface area contributed by atoms with E-state index in [2.05, 4.69) is 15.3 Å². The highest BCUT2D eigenvalue weighted by Gasteiger charge is 2.08. The quantitative estimate of drug-likeness (QED) is 0.843. The number of rotatable bonds is 2. The van der Waals surface area contributed by atoms with Crippen molar-refractivity contribution < 1.29 is 4.79 Å². The Morgan fingerprint density at radius 2 is 2.00 bits per heavy atom. The number of carbonyl (C=O) groups excluding carboxylic acids is 1. The number of nitrogens with two attached hydrogens (primary N) is 1. The maximum atomic E-state index is 12.0. The van der Waals surface area contributed by atoms with E-state index in [0.29, 0.717) is 22.8 Å². The Bertz CT molecular complexity index is 575. The third kappa shape index (κ3) is 2.82. The third-order valence-corrected chi connectivity index (χ3v) is 2.37. The number of anilines is 2. The summed E-state index contributed by atoms with van der Waals surface area (Å²) < 4.78 is 0. The van der Waals surface area contributed by atoms with Gasteiger partial charge in [0, 0.05) is 17.5 Å². The van der Waals surface area contributed by atoms with Gasteiger partial charge in [-0.1, -0.05) is 0 Å². The fourth-order valence-corrected chi connectivity index (χ4v) is 1.65. The third-order valence-electron chi connectivity index (χ3n) is 2.37. The Morgan fingerprint density at radius 1 is 1.22 bits per heavy atom. The molecule has 5 heteroatoms. The van der Waals surface area contributed by atoms with Crippen LogP contribution in [0.3, 0.4) is 0 Å². The summed E-state index contributed by atoms with van der Waals surface area (Å²) in [6, 6.07) is 5.09. The lowest BCUT2D eigenvalue weighted by atomic mass is 10.2. The lowest BCUT2D eigenvalue weighted by Gasteiger charge is -2.06. The second kappa shape index (κ2) is 4.83. The Labute approximate surface area is 105 Å². The molecule has 0 fully saturated rings. The second-order valence-electron chi connectivity index (χ2n) is 4.13. The van der Waals surface area contributed by atoms with Crippen molar-refractivity contribution in [3.63, 3.8) is 0 Å². The van der Waals surface area contributed by atoms with Crippen molar-refractivity contribution in [1.82, 2.24) is 9.97 Å². The molecule has 2 rings (SSSR count). The first-order valence-corrected chi connectivity index (χ1v) is 5.52. The van der Waals surface area contributed by atoms with Crippen molar-refractivity contribution in [2.45, 2.75) is 13.8 Å². The van der Waals surface area contributed by atoms with E-state index in [1.807, 2.05) is 13.0 Å². The normalized spacial score (nSPS) is 10.1. The summed E-state index contributed by atoms with van der Waals surface area (Å²) in [4.78, 5) is 20.0. The van der Waals surface area contributed by atoms with Crippen LogP contribution in [0.5, 0.6) is 0 Å². The molecule has 0 aliphatic heterocycles. The Morgan fingerprint density at radius 3 is 2.67 bits per heavy atom. The average molecular weight is 242 g/mol. The van der Waals surface area contributed by atoms with Gasteiger partial charge in [0.25, 0.3) is 5.91 Å². The minimum Gasteiger partial charge on any atom is -0.384 e. The van der Waals surface area contributed by atoms with E-state index in [4.69, 9.17) is 5.73 Å². The smallest absolute Gasteiger partial charge is 0.255 e. The van der Waals surface area contributed by atoms with E-state index in [1.54, 1.807) is 31.5 Å². The molecule has 0 unspecified atom stereocenters. The van der Waals surface area contributed by atoms with Crippen molar-refractivity contribution in [2.75, 3.05) is 11.1 Å². The summed E-state index contributed by atoms with van der Waals surface area (Å²) in [7, 11) is 0. The summed E-state index contributed by atoms with van der Waals surface area (Å²) in [6.45, 7) is 3.71. The molecular weight excluding hydrogens is 228 g/mol. The van der Waals surface area contributed by atoms with Gasteiger partial charge in [0.2, 0.25) is 0 Å². The van der Waals surface area contributed by atoms with Crippen molar-refractivity contribution in [2.24, 2.45) is 0 Å². The van der Waals surface area contributed by atoms with Gasteiger partial charge in [0.05, 0.1) is 11.9 Å². The van der Waals surface area contributed by atoms with E-state index in [-0.39, 0.29) is 5.91 Å². The lowest BCUT2D eigenvalue weighted by molar-refractivity contribution is 0.102. The Balaban J connectivity index is 2.22. The number of nitrogens with zero attached hydrogens (tertiary/aromatic N) is 2. The predicted octanol–water partition coefficient (Wildman–Crippen LogP) is 1.93. The zero-order valence-electron chi connectivity index (χ0n) is 10.3. The molecule has 0 atom stereocenters. The summed E-state index contributed by atoms with van der Waals surface area (Å²) in [5, 5.41) is 2.77. The minimum absolute atomic E-state index is 0.223. The van der Waals surface area contributed by atoms with Crippen molar-refractivity contribution in [3.8, 4) is 0 Å². The molecule has 0 aromatic carbocycles. The van der Waals surface area contributed by atoms with Crippen LogP contribution < -0.4 is 11.1 Å². The van der Waals surface area contributed by atoms with Gasteiger partial charge in [0.1, 0.15) is 5.82 Å². The van der Waals surface area contributed by atoms with Gasteiger partial charge in [-0.25, -0.2) is 4.98 Å². The van der Waals surface area contributed by atoms with Gasteiger partial charge < -0.3 is 11.1 Å². The Kier molecular flexibility index (Phi) is 3.23. The largest absolute Gasteiger partial charge is 0.384 e. The minimum atomic E-state index is -0.223. The molecular formula is C13H14N4O. The number of hydrogen-bond acceptors (Lipinski definition) is 4. The Hall–Kier alpha value is -2.43. The highest BCUT2D eigenvalue weighted by atomic mass is 16.1. The van der Waals surface area contributed by atoms with Crippen LogP contribution in [-0.4, -0.2) is 15.9 Å². The zero-order chi connectivity index (χ0) is 13.1. The standard InChI is InChI=1S/C13H14N4O/c1-8-3-11(7-15-6-8)17-13(18)10-4-9(2)16-12(14)5-10/h3-7H,1-2H3,(H2,14,16)(H,17,18). The molecule has 3 N–H and O–H groups in total. The van der Waals surface area contributed by atoms with Crippen molar-refractivity contribution >= 4 is 17.4 Å². The van der Waals surface area contributed by atoms with Crippen LogP contribution >= 0.6 is 0 Å². The molecule has 0 aliphatic rings. The molecule has 18 heavy (non-hydrogen) atoms. The van der Waals surface area contributed by atoms with Gasteiger partial charge in [-0.05, 0) is 37.6 Å². The molecule has 0 aliphatic carbocycles. The number of amides is 1. The van der Waals surface area contributed by atoms with Crippen molar-refractivity contribution in [1.29, 1.82) is 0 Å². The molecule has 0 radical (unpaired) electrons. The molecule has 5 nitrogen and oxygen atoms in total. The number of hydrogen-bond donors (Lipinski definition) is 2. The molecule has 2 aromatic rings. The molecule has 92 valence electrons. The maximum Gasteiger partial charge on any atom is 0.255 e. The van der Waals surface area contributed by atoms with E-state index < -0.39 is 0 Å². The number of aryl methyl sites for hydroxylation is 2. The number of nitrogens with one attached hydrogen (secondary N) is 1. The zero-order valence-corrected chi connectivity index (χ0v) is 10.3. The first-order chi connectivity index (χ1) is 8.54. The second-order valence-corrected chi connectivity index (χ2v) is 4.13. The van der Waals surface area contributed by atoms with Crippen LogP contribution in [0.1, 0.15) is 21.6 Å². The van der Waals surface area contributed by atoms with Gasteiger partial charge in [0.15, 0.2) is 0 Å². The summed E-state index contributed by atoms with van der Waals surface area (Å²) in [5.74, 6) is 0.113. The first kappa shape index (κ1) is 12.0. The van der Waals surface area contributed by atoms with Crippen molar-refractivity contribution in [3.05, 3.63) is 47.4 Å². The fraction of sp³-hybridized carbons (Fsp3) is 0.154. The van der Waals surface area contributed by atoms with Crippen LogP contribution in [0.2, 0.25) is 0 Å². The van der Waals surface area contributed by atoms with Crippen LogP contribution in [0.15, 0.2) is 30.6 Å². The number of pyridine rings is 2. The monoisotopic (exact) mass is 242 g/mol. The van der Waals surface area contributed by atoms with Crippen LogP contribution in [0.25, 0.3) is 0 Å². The van der Waals surface area contributed by atoms with E-state index in [0.717, 1.165) is 5.56 Å². The van der Waals surface area contributed by atoms with Gasteiger partial charge >= 0.3 is 0 Å². The highest BCUT2D eigenvalue weighted by molar-refractivity contribution is 6.04. The molecule has 1 amide bonds. The van der Waals surface area contributed by atoms with Crippen LogP contribution in [-0.2, 0) is 0 Å². The molecule has 0 saturated heterocycles. The van der Waals surface area contributed by atoms with Gasteiger partial charge in [-0.3, -0.25) is 9.78 Å². The number of carbonyl (C=O) groups is 1. The SMILES string of the molecule is Cc1cncc(NC(=O)c2cc(C)nc(N)c2)c1. The molecule has 0 saturated carbocycles. The fourth-order valence-electron chi connectivity index (χ4n) is 1.65. The topological polar surface area (TPSA) is 80.9 Å². The predicted molar refractivity (Wildman–Crippen MR) is 70.3 cm³/mol. The number of aromatic nitrogens is 2. The average Bonchev–Trinajstić information content (AvgIpc) is 2.27. The van der Waals surface area contributed by atoms with E-state index in [9.17, 15) is 4.79 Å². The summed E-state index contributed by atoms with van der Waals surface area (Å²) >= 11 is 0. The van der Waals surface area contributed by atoms with E-state index in [1.165, 1.54) is 0 Å². The molecule has 0 spiro atoms. The van der Waals surface area contributed by atoms with E-state index >= 15 is 0 Å². The van der Waals surface area contributed by atoms with Crippen LogP contribution in [0.4, 0.5) is 11.5 Å². The molecule has 0 bridgehead atoms. The summed E-state index contributed by atoms with van der Waals surface area (Å²) in [6.07, 6.45) is 3.33. The lowest BCUT2D eigenvalue weighted by Crippen LogP contribution is -2.13. The first-order valence-electron chi connectivity index (χ1n) is 5.52. The van der Waals surface area contributed by atoms with Gasteiger partial charge in [-0.15, -0.1) is 0 Å². The van der Waals surface area contributed by atoms with Gasteiger partial charge in [-0.2, -0.15) is 0 Å². The maximum absolute atomic E-state index is 12.0. The number of nitrogen functional groups attached to an aromatic ring is 1. The molecule has 2 aromatic heterocycles. The van der Waals surface area contributed by atoms with Crippen LogP contribution in [0, 0.1) is 13.8 Å². The highest BCUT2D eigenvalue weighted by Crippen LogP contribution is 2.12. The molecule has 2 heterocycles.